The second-order valence-electron chi connectivity index (χ2n) is 4.18. The molecule has 0 atom stereocenters. The van der Waals surface area contributed by atoms with Crippen molar-refractivity contribution in [3.63, 3.8) is 0 Å². The fraction of sp³-hybridized carbons (Fsp3) is 0.583. The monoisotopic (exact) mass is 249 g/mol. The van der Waals surface area contributed by atoms with Crippen molar-refractivity contribution in [1.29, 1.82) is 0 Å². The van der Waals surface area contributed by atoms with Crippen LogP contribution in [0.2, 0.25) is 0 Å². The fourth-order valence-corrected chi connectivity index (χ4v) is 1.90. The molecule has 0 unspecified atom stereocenters. The van der Waals surface area contributed by atoms with Gasteiger partial charge in [0.25, 0.3) is 0 Å². The van der Waals surface area contributed by atoms with E-state index in [1.807, 2.05) is 10.9 Å². The minimum atomic E-state index is 0.103. The first-order chi connectivity index (χ1) is 8.76. The molecular formula is C12H19N5O. The molecule has 98 valence electrons. The zero-order chi connectivity index (χ0) is 13.0. The molecule has 0 aliphatic heterocycles. The third-order valence-electron chi connectivity index (χ3n) is 2.85. The number of rotatable bonds is 6. The van der Waals surface area contributed by atoms with E-state index < -0.39 is 0 Å². The van der Waals surface area contributed by atoms with Crippen molar-refractivity contribution >= 4 is 0 Å². The Kier molecular flexibility index (Phi) is 4.09. The van der Waals surface area contributed by atoms with Gasteiger partial charge in [-0.1, -0.05) is 12.1 Å². The maximum absolute atomic E-state index is 8.84. The SMILES string of the molecule is CCc1cc(Cn2cc(CCO)nn2)n(CC)n1. The molecule has 2 aromatic rings. The van der Waals surface area contributed by atoms with Crippen LogP contribution in [0.25, 0.3) is 0 Å². The summed E-state index contributed by atoms with van der Waals surface area (Å²) in [6, 6.07) is 2.11. The maximum atomic E-state index is 8.84. The summed E-state index contributed by atoms with van der Waals surface area (Å²) in [6.45, 7) is 5.80. The van der Waals surface area contributed by atoms with Gasteiger partial charge in [-0.25, -0.2) is 4.68 Å². The van der Waals surface area contributed by atoms with Crippen molar-refractivity contribution < 1.29 is 5.11 Å². The van der Waals surface area contributed by atoms with Gasteiger partial charge in [0.1, 0.15) is 0 Å². The van der Waals surface area contributed by atoms with E-state index in [2.05, 4.69) is 35.3 Å². The minimum Gasteiger partial charge on any atom is -0.396 e. The molecular weight excluding hydrogens is 230 g/mol. The van der Waals surface area contributed by atoms with Crippen molar-refractivity contribution in [3.05, 3.63) is 29.3 Å². The number of aliphatic hydroxyl groups excluding tert-OH is 1. The van der Waals surface area contributed by atoms with Crippen LogP contribution in [-0.2, 0) is 25.9 Å². The van der Waals surface area contributed by atoms with Gasteiger partial charge in [0.2, 0.25) is 0 Å². The largest absolute Gasteiger partial charge is 0.396 e. The molecule has 18 heavy (non-hydrogen) atoms. The van der Waals surface area contributed by atoms with E-state index in [4.69, 9.17) is 5.11 Å². The van der Waals surface area contributed by atoms with Crippen LogP contribution in [0.15, 0.2) is 12.3 Å². The number of aliphatic hydroxyl groups is 1. The van der Waals surface area contributed by atoms with Gasteiger partial charge in [0.05, 0.1) is 23.6 Å². The molecule has 2 heterocycles. The Morgan fingerprint density at radius 3 is 2.78 bits per heavy atom. The average molecular weight is 249 g/mol. The molecule has 0 aliphatic rings. The zero-order valence-electron chi connectivity index (χ0n) is 10.9. The summed E-state index contributed by atoms with van der Waals surface area (Å²) in [5.74, 6) is 0. The number of aryl methyl sites for hydroxylation is 2. The Labute approximate surface area is 106 Å². The van der Waals surface area contributed by atoms with Gasteiger partial charge in [0.15, 0.2) is 0 Å². The lowest BCUT2D eigenvalue weighted by atomic mass is 10.3. The Bertz CT molecular complexity index is 502. The highest BCUT2D eigenvalue weighted by atomic mass is 16.3. The summed E-state index contributed by atoms with van der Waals surface area (Å²) in [5.41, 5.74) is 3.05. The molecule has 0 saturated heterocycles. The third kappa shape index (κ3) is 2.76. The molecule has 6 heteroatoms. The molecule has 0 amide bonds. The van der Waals surface area contributed by atoms with Crippen molar-refractivity contribution in [3.8, 4) is 0 Å². The van der Waals surface area contributed by atoms with Crippen LogP contribution < -0.4 is 0 Å². The first kappa shape index (κ1) is 12.8. The average Bonchev–Trinajstić information content (AvgIpc) is 2.97. The second-order valence-corrected chi connectivity index (χ2v) is 4.18. The summed E-state index contributed by atoms with van der Waals surface area (Å²) in [5, 5.41) is 21.4. The Morgan fingerprint density at radius 2 is 2.11 bits per heavy atom. The van der Waals surface area contributed by atoms with Crippen LogP contribution in [0.5, 0.6) is 0 Å². The summed E-state index contributed by atoms with van der Waals surface area (Å²) in [6.07, 6.45) is 3.36. The van der Waals surface area contributed by atoms with Gasteiger partial charge in [-0.05, 0) is 19.4 Å². The topological polar surface area (TPSA) is 68.8 Å². The molecule has 1 N–H and O–H groups in total. The molecule has 0 fully saturated rings. The predicted octanol–water partition coefficient (Wildman–Crippen LogP) is 0.640. The quantitative estimate of drug-likeness (QED) is 0.815. The van der Waals surface area contributed by atoms with Gasteiger partial charge in [-0.2, -0.15) is 5.10 Å². The lowest BCUT2D eigenvalue weighted by Crippen LogP contribution is -2.08. The highest BCUT2D eigenvalue weighted by molar-refractivity contribution is 5.11. The van der Waals surface area contributed by atoms with Crippen molar-refractivity contribution in [1.82, 2.24) is 24.8 Å². The van der Waals surface area contributed by atoms with E-state index in [0.717, 1.165) is 30.0 Å². The van der Waals surface area contributed by atoms with Gasteiger partial charge >= 0.3 is 0 Å². The molecule has 6 nitrogen and oxygen atoms in total. The van der Waals surface area contributed by atoms with E-state index in [1.54, 1.807) is 4.68 Å². The van der Waals surface area contributed by atoms with Crippen molar-refractivity contribution in [2.75, 3.05) is 6.61 Å². The third-order valence-corrected chi connectivity index (χ3v) is 2.85. The highest BCUT2D eigenvalue weighted by Gasteiger charge is 2.07. The Balaban J connectivity index is 2.14. The normalized spacial score (nSPS) is 11.1. The van der Waals surface area contributed by atoms with Crippen molar-refractivity contribution in [2.45, 2.75) is 39.8 Å². The number of nitrogens with zero attached hydrogens (tertiary/aromatic N) is 5. The van der Waals surface area contributed by atoms with Crippen LogP contribution >= 0.6 is 0 Å². The number of aromatic nitrogens is 5. The standard InChI is InChI=1S/C12H19N5O/c1-3-10-7-12(17(4-2)14-10)9-16-8-11(5-6-18)13-15-16/h7-8,18H,3-6,9H2,1-2H3. The highest BCUT2D eigenvalue weighted by Crippen LogP contribution is 2.07. The lowest BCUT2D eigenvalue weighted by molar-refractivity contribution is 0.298. The van der Waals surface area contributed by atoms with E-state index in [1.165, 1.54) is 0 Å². The first-order valence-corrected chi connectivity index (χ1v) is 6.32. The maximum Gasteiger partial charge on any atom is 0.0850 e. The number of hydrogen-bond acceptors (Lipinski definition) is 4. The molecule has 2 rings (SSSR count). The minimum absolute atomic E-state index is 0.103. The van der Waals surface area contributed by atoms with E-state index in [0.29, 0.717) is 13.0 Å². The molecule has 0 aliphatic carbocycles. The first-order valence-electron chi connectivity index (χ1n) is 6.32. The summed E-state index contributed by atoms with van der Waals surface area (Å²) in [4.78, 5) is 0. The van der Waals surface area contributed by atoms with Crippen LogP contribution in [-0.4, -0.2) is 36.5 Å². The Hall–Kier alpha value is -1.69. The molecule has 0 aromatic carbocycles. The van der Waals surface area contributed by atoms with Gasteiger partial charge < -0.3 is 5.11 Å². The van der Waals surface area contributed by atoms with E-state index in [9.17, 15) is 0 Å². The summed E-state index contributed by atoms with van der Waals surface area (Å²) < 4.78 is 3.78. The van der Waals surface area contributed by atoms with E-state index in [-0.39, 0.29) is 6.61 Å². The summed E-state index contributed by atoms with van der Waals surface area (Å²) in [7, 11) is 0. The second kappa shape index (κ2) is 5.77. The predicted molar refractivity (Wildman–Crippen MR) is 67.2 cm³/mol. The molecule has 2 aromatic heterocycles. The molecule has 0 radical (unpaired) electrons. The van der Waals surface area contributed by atoms with Gasteiger partial charge in [-0.3, -0.25) is 4.68 Å². The van der Waals surface area contributed by atoms with Gasteiger partial charge in [0, 0.05) is 25.8 Å². The molecule has 0 bridgehead atoms. The zero-order valence-corrected chi connectivity index (χ0v) is 10.9. The van der Waals surface area contributed by atoms with Crippen LogP contribution in [0.4, 0.5) is 0 Å². The van der Waals surface area contributed by atoms with Crippen LogP contribution in [0.1, 0.15) is 30.9 Å². The smallest absolute Gasteiger partial charge is 0.0850 e. The molecule has 0 saturated carbocycles. The Morgan fingerprint density at radius 1 is 1.28 bits per heavy atom. The fourth-order valence-electron chi connectivity index (χ4n) is 1.90. The van der Waals surface area contributed by atoms with Crippen molar-refractivity contribution in [2.24, 2.45) is 0 Å². The molecule has 0 spiro atoms. The van der Waals surface area contributed by atoms with Gasteiger partial charge in [-0.15, -0.1) is 5.10 Å². The van der Waals surface area contributed by atoms with Crippen LogP contribution in [0.3, 0.4) is 0 Å². The van der Waals surface area contributed by atoms with E-state index >= 15 is 0 Å². The number of hydrogen-bond donors (Lipinski definition) is 1. The lowest BCUT2D eigenvalue weighted by Gasteiger charge is -2.03. The van der Waals surface area contributed by atoms with Crippen LogP contribution in [0, 0.1) is 0 Å². The summed E-state index contributed by atoms with van der Waals surface area (Å²) >= 11 is 0.